The Morgan fingerprint density at radius 3 is 2.55 bits per heavy atom. The fourth-order valence-corrected chi connectivity index (χ4v) is 7.24. The van der Waals surface area contributed by atoms with Gasteiger partial charge in [0.2, 0.25) is 15.9 Å². The molecule has 0 bridgehead atoms. The minimum Gasteiger partial charge on any atom is -0.330 e. The Labute approximate surface area is 225 Å². The standard InChI is InChI=1S/C28H31F3N2O3S2/c1-3-4-7-15-32(38(35,36)22-11-8-10-21(18-22)28(29,30)31)19-26(34)33-16-13-25-24(14-17-37-25)27(33)23-12-6-5-9-20(23)2/h5-6,8-12,14,17-18,27H,3-4,7,13,15-16,19H2,1-2H3. The number of amides is 1. The molecule has 0 saturated heterocycles. The number of benzene rings is 2. The van der Waals surface area contributed by atoms with E-state index < -0.39 is 33.2 Å². The summed E-state index contributed by atoms with van der Waals surface area (Å²) >= 11 is 1.64. The normalized spacial score (nSPS) is 16.1. The highest BCUT2D eigenvalue weighted by atomic mass is 32.2. The quantitative estimate of drug-likeness (QED) is 0.282. The van der Waals surface area contributed by atoms with Crippen LogP contribution < -0.4 is 0 Å². The van der Waals surface area contributed by atoms with Crippen LogP contribution in [-0.2, 0) is 27.4 Å². The van der Waals surface area contributed by atoms with Crippen molar-refractivity contribution in [1.82, 2.24) is 9.21 Å². The molecule has 1 aliphatic heterocycles. The summed E-state index contributed by atoms with van der Waals surface area (Å²) in [5, 5.41) is 2.00. The van der Waals surface area contributed by atoms with Crippen LogP contribution in [-0.4, -0.2) is 43.2 Å². The number of fused-ring (bicyclic) bond motifs is 1. The van der Waals surface area contributed by atoms with Gasteiger partial charge in [-0.25, -0.2) is 8.42 Å². The highest BCUT2D eigenvalue weighted by Gasteiger charge is 2.37. The number of unbranched alkanes of at least 4 members (excludes halogenated alkanes) is 2. The zero-order chi connectivity index (χ0) is 27.5. The van der Waals surface area contributed by atoms with Gasteiger partial charge in [0, 0.05) is 18.0 Å². The number of carbonyl (C=O) groups excluding carboxylic acids is 1. The number of nitrogens with zero attached hydrogens (tertiary/aromatic N) is 2. The highest BCUT2D eigenvalue weighted by Crippen LogP contribution is 2.39. The molecule has 0 aliphatic carbocycles. The number of aryl methyl sites for hydroxylation is 1. The Balaban J connectivity index is 1.68. The predicted molar refractivity (Wildman–Crippen MR) is 142 cm³/mol. The highest BCUT2D eigenvalue weighted by molar-refractivity contribution is 7.89. The van der Waals surface area contributed by atoms with Crippen LogP contribution in [0.25, 0.3) is 0 Å². The largest absolute Gasteiger partial charge is 0.416 e. The lowest BCUT2D eigenvalue weighted by Gasteiger charge is -2.38. The van der Waals surface area contributed by atoms with E-state index in [1.54, 1.807) is 16.2 Å². The van der Waals surface area contributed by atoms with Gasteiger partial charge >= 0.3 is 6.18 Å². The van der Waals surface area contributed by atoms with E-state index in [9.17, 15) is 26.4 Å². The van der Waals surface area contributed by atoms with Crippen molar-refractivity contribution in [3.63, 3.8) is 0 Å². The van der Waals surface area contributed by atoms with Crippen LogP contribution in [0.2, 0.25) is 0 Å². The van der Waals surface area contributed by atoms with Gasteiger partial charge in [0.25, 0.3) is 0 Å². The maximum Gasteiger partial charge on any atom is 0.416 e. The molecule has 0 N–H and O–H groups in total. The van der Waals surface area contributed by atoms with Crippen LogP contribution in [0, 0.1) is 6.92 Å². The third-order valence-corrected chi connectivity index (χ3v) is 9.73. The second-order valence-electron chi connectivity index (χ2n) is 9.47. The summed E-state index contributed by atoms with van der Waals surface area (Å²) in [4.78, 5) is 16.3. The number of carbonyl (C=O) groups is 1. The summed E-state index contributed by atoms with van der Waals surface area (Å²) in [5.74, 6) is -0.373. The minimum absolute atomic E-state index is 0.0464. The predicted octanol–water partition coefficient (Wildman–Crippen LogP) is 6.43. The summed E-state index contributed by atoms with van der Waals surface area (Å²) in [6.45, 7) is 3.98. The number of hydrogen-bond donors (Lipinski definition) is 0. The molecule has 1 atom stereocenters. The van der Waals surface area contributed by atoms with Crippen molar-refractivity contribution in [3.05, 3.63) is 87.1 Å². The SMILES string of the molecule is CCCCCN(CC(=O)N1CCc2sccc2C1c1ccccc1C)S(=O)(=O)c1cccc(C(F)(F)F)c1. The number of rotatable bonds is 9. The first kappa shape index (κ1) is 28.3. The van der Waals surface area contributed by atoms with E-state index in [4.69, 9.17) is 0 Å². The molecule has 3 aromatic rings. The fraction of sp³-hybridized carbons (Fsp3) is 0.393. The van der Waals surface area contributed by atoms with Crippen molar-refractivity contribution >= 4 is 27.3 Å². The van der Waals surface area contributed by atoms with Gasteiger partial charge in [0.05, 0.1) is 23.0 Å². The summed E-state index contributed by atoms with van der Waals surface area (Å²) < 4.78 is 68.2. The lowest BCUT2D eigenvalue weighted by atomic mass is 9.90. The van der Waals surface area contributed by atoms with E-state index in [0.29, 0.717) is 25.5 Å². The molecule has 1 aliphatic rings. The van der Waals surface area contributed by atoms with Gasteiger partial charge in [-0.05, 0) is 66.1 Å². The monoisotopic (exact) mass is 564 g/mol. The van der Waals surface area contributed by atoms with Crippen LogP contribution in [0.3, 0.4) is 0 Å². The van der Waals surface area contributed by atoms with E-state index in [0.717, 1.165) is 52.0 Å². The third-order valence-electron chi connectivity index (χ3n) is 6.89. The number of hydrogen-bond acceptors (Lipinski definition) is 4. The molecule has 1 amide bonds. The summed E-state index contributed by atoms with van der Waals surface area (Å²) in [7, 11) is -4.35. The average molecular weight is 565 g/mol. The second kappa shape index (κ2) is 11.6. The molecule has 0 fully saturated rings. The zero-order valence-electron chi connectivity index (χ0n) is 21.4. The molecule has 38 heavy (non-hydrogen) atoms. The maximum absolute atomic E-state index is 13.8. The Bertz CT molecular complexity index is 1390. The van der Waals surface area contributed by atoms with Crippen LogP contribution in [0.1, 0.15) is 59.4 Å². The van der Waals surface area contributed by atoms with Crippen LogP contribution in [0.15, 0.2) is 64.9 Å². The maximum atomic E-state index is 13.8. The van der Waals surface area contributed by atoms with E-state index >= 15 is 0 Å². The average Bonchev–Trinajstić information content (AvgIpc) is 3.36. The van der Waals surface area contributed by atoms with Gasteiger partial charge in [-0.2, -0.15) is 17.5 Å². The van der Waals surface area contributed by atoms with Gasteiger partial charge in [-0.15, -0.1) is 11.3 Å². The fourth-order valence-electron chi connectivity index (χ4n) is 4.86. The van der Waals surface area contributed by atoms with Crippen LogP contribution in [0.5, 0.6) is 0 Å². The van der Waals surface area contributed by atoms with Crippen molar-refractivity contribution in [3.8, 4) is 0 Å². The minimum atomic E-state index is -4.68. The lowest BCUT2D eigenvalue weighted by molar-refractivity contribution is -0.137. The van der Waals surface area contributed by atoms with Gasteiger partial charge < -0.3 is 4.90 Å². The molecule has 204 valence electrons. The molecule has 0 radical (unpaired) electrons. The number of thiophene rings is 1. The first-order chi connectivity index (χ1) is 18.0. The smallest absolute Gasteiger partial charge is 0.330 e. The Hall–Kier alpha value is -2.69. The van der Waals surface area contributed by atoms with Crippen molar-refractivity contribution in [2.24, 2.45) is 0 Å². The Kier molecular flexibility index (Phi) is 8.64. The number of alkyl halides is 3. The first-order valence-electron chi connectivity index (χ1n) is 12.6. The van der Waals surface area contributed by atoms with Crippen molar-refractivity contribution in [2.45, 2.75) is 56.6 Å². The van der Waals surface area contributed by atoms with Crippen molar-refractivity contribution in [1.29, 1.82) is 0 Å². The Morgan fingerprint density at radius 2 is 1.84 bits per heavy atom. The summed E-state index contributed by atoms with van der Waals surface area (Å²) in [6.07, 6.45) is -1.96. The van der Waals surface area contributed by atoms with Gasteiger partial charge in [-0.1, -0.05) is 50.1 Å². The van der Waals surface area contributed by atoms with Crippen molar-refractivity contribution < 1.29 is 26.4 Å². The molecule has 0 saturated carbocycles. The summed E-state index contributed by atoms with van der Waals surface area (Å²) in [5.41, 5.74) is 1.98. The topological polar surface area (TPSA) is 57.7 Å². The molecule has 0 spiro atoms. The molecule has 2 heterocycles. The second-order valence-corrected chi connectivity index (χ2v) is 12.4. The zero-order valence-corrected chi connectivity index (χ0v) is 23.0. The first-order valence-corrected chi connectivity index (χ1v) is 14.9. The number of sulfonamides is 1. The van der Waals surface area contributed by atoms with Gasteiger partial charge in [0.1, 0.15) is 0 Å². The molecule has 5 nitrogen and oxygen atoms in total. The van der Waals surface area contributed by atoms with Gasteiger partial charge in [-0.3, -0.25) is 4.79 Å². The van der Waals surface area contributed by atoms with E-state index in [1.807, 2.05) is 49.6 Å². The van der Waals surface area contributed by atoms with Crippen LogP contribution in [0.4, 0.5) is 13.2 Å². The Morgan fingerprint density at radius 1 is 1.08 bits per heavy atom. The molecule has 4 rings (SSSR count). The van der Waals surface area contributed by atoms with Gasteiger partial charge in [0.15, 0.2) is 0 Å². The van der Waals surface area contributed by atoms with E-state index in [-0.39, 0.29) is 18.5 Å². The van der Waals surface area contributed by atoms with E-state index in [1.165, 1.54) is 4.88 Å². The molecule has 2 aromatic carbocycles. The van der Waals surface area contributed by atoms with E-state index in [2.05, 4.69) is 0 Å². The molecule has 10 heteroatoms. The summed E-state index contributed by atoms with van der Waals surface area (Å²) in [6, 6.07) is 13.2. The van der Waals surface area contributed by atoms with Crippen molar-refractivity contribution in [2.75, 3.05) is 19.6 Å². The third kappa shape index (κ3) is 5.97. The molecular weight excluding hydrogens is 533 g/mol. The van der Waals surface area contributed by atoms with Crippen LogP contribution >= 0.6 is 11.3 Å². The molecule has 1 unspecified atom stereocenters. The molecule has 1 aromatic heterocycles. The molecular formula is C28H31F3N2O3S2. The number of halogens is 3. The lowest BCUT2D eigenvalue weighted by Crippen LogP contribution is -2.47.